The number of aryl methyl sites for hydroxylation is 1. The number of rotatable bonds is 10. The van der Waals surface area contributed by atoms with Crippen LogP contribution in [0.2, 0.25) is 0 Å². The van der Waals surface area contributed by atoms with Crippen molar-refractivity contribution in [3.8, 4) is 0 Å². The second-order valence-corrected chi connectivity index (χ2v) is 8.48. The third kappa shape index (κ3) is 5.98. The molecule has 0 aliphatic heterocycles. The minimum Gasteiger partial charge on any atom is -0.603 e. The molecule has 2 aromatic heterocycles. The number of fused-ring (bicyclic) bond motifs is 1. The van der Waals surface area contributed by atoms with Crippen LogP contribution in [-0.2, 0) is 20.2 Å². The molecule has 26 heavy (non-hydrogen) atoms. The van der Waals surface area contributed by atoms with E-state index in [0.717, 1.165) is 12.8 Å². The number of imidazole rings is 1. The van der Waals surface area contributed by atoms with Crippen LogP contribution >= 0.6 is 15.6 Å². The van der Waals surface area contributed by atoms with Gasteiger partial charge in [-0.15, -0.1) is 0 Å². The van der Waals surface area contributed by atoms with Crippen molar-refractivity contribution in [1.82, 2.24) is 19.5 Å². The first-order valence-electron chi connectivity index (χ1n) is 7.95. The molecule has 13 heteroatoms. The summed E-state index contributed by atoms with van der Waals surface area (Å²) in [4.78, 5) is 43.0. The van der Waals surface area contributed by atoms with E-state index in [4.69, 9.17) is 10.3 Å². The lowest BCUT2D eigenvalue weighted by Crippen LogP contribution is -2.12. The molecule has 0 amide bonds. The molecule has 2 aromatic rings. The highest BCUT2D eigenvalue weighted by molar-refractivity contribution is 7.80. The van der Waals surface area contributed by atoms with E-state index in [9.17, 15) is 19.1 Å². The fourth-order valence-electron chi connectivity index (χ4n) is 2.22. The van der Waals surface area contributed by atoms with Gasteiger partial charge >= 0.3 is 7.60 Å². The molecule has 144 valence electrons. The number of nitrogens with one attached hydrogen (secondary N) is 1. The Morgan fingerprint density at radius 3 is 3.00 bits per heavy atom. The SMILES string of the molecule is CCOP(=O)(O)C=[P+]([O-])OCCCCCn1cnc2c(=O)[nH]c(N)nc21. The monoisotopic (exact) mass is 405 g/mol. The molecule has 0 bridgehead atoms. The second kappa shape index (κ2) is 9.36. The van der Waals surface area contributed by atoms with Crippen molar-refractivity contribution in [3.05, 3.63) is 16.7 Å². The smallest absolute Gasteiger partial charge is 0.395 e. The Balaban J connectivity index is 1.76. The Morgan fingerprint density at radius 2 is 2.27 bits per heavy atom. The predicted octanol–water partition coefficient (Wildman–Crippen LogP) is 0.542. The summed E-state index contributed by atoms with van der Waals surface area (Å²) in [5.74, 6) is 0.0333. The van der Waals surface area contributed by atoms with Crippen molar-refractivity contribution in [3.63, 3.8) is 0 Å². The van der Waals surface area contributed by atoms with E-state index < -0.39 is 15.6 Å². The minimum atomic E-state index is -3.96. The highest BCUT2D eigenvalue weighted by atomic mass is 31.2. The summed E-state index contributed by atoms with van der Waals surface area (Å²) in [5, 5.41) is 0. The molecule has 0 aromatic carbocycles. The van der Waals surface area contributed by atoms with Crippen molar-refractivity contribution in [2.24, 2.45) is 0 Å². The van der Waals surface area contributed by atoms with Crippen molar-refractivity contribution < 1.29 is 23.4 Å². The number of nitrogen functional groups attached to an aromatic ring is 1. The van der Waals surface area contributed by atoms with E-state index in [1.54, 1.807) is 11.5 Å². The first-order valence-corrected chi connectivity index (χ1v) is 10.8. The van der Waals surface area contributed by atoms with Gasteiger partial charge in [0.2, 0.25) is 19.5 Å². The van der Waals surface area contributed by atoms with Gasteiger partial charge in [0.05, 0.1) is 19.5 Å². The fraction of sp³-hybridized carbons (Fsp3) is 0.538. The van der Waals surface area contributed by atoms with Crippen LogP contribution in [0.15, 0.2) is 11.1 Å². The first kappa shape index (κ1) is 20.7. The number of hydrogen-bond donors (Lipinski definition) is 3. The van der Waals surface area contributed by atoms with Gasteiger partial charge in [-0.3, -0.25) is 14.3 Å². The van der Waals surface area contributed by atoms with Gasteiger partial charge in [0.25, 0.3) is 5.56 Å². The molecule has 2 rings (SSSR count). The van der Waals surface area contributed by atoms with Crippen LogP contribution in [0.4, 0.5) is 5.95 Å². The lowest BCUT2D eigenvalue weighted by Gasteiger charge is -2.05. The average Bonchev–Trinajstić information content (AvgIpc) is 2.93. The number of H-pyrrole nitrogens is 1. The van der Waals surface area contributed by atoms with Crippen molar-refractivity contribution in [1.29, 1.82) is 0 Å². The summed E-state index contributed by atoms with van der Waals surface area (Å²) >= 11 is 0. The molecule has 0 aliphatic rings. The van der Waals surface area contributed by atoms with Crippen molar-refractivity contribution >= 4 is 38.2 Å². The standard InChI is InChI=1S/C13H21N5O6P2/c1-2-24-26(21,22)9-25(20)23-7-5-3-4-6-18-8-15-10-11(18)16-13(14)17-12(10)19/h8-9H,2-7H2,1H3,(H,21,22)(H3,14,16,17,19). The number of unbranched alkanes of at least 4 members (excludes halogenated alkanes) is 2. The highest BCUT2D eigenvalue weighted by Gasteiger charge is 2.20. The summed E-state index contributed by atoms with van der Waals surface area (Å²) in [5.41, 5.74) is 6.52. The van der Waals surface area contributed by atoms with Gasteiger partial charge in [-0.1, -0.05) is 0 Å². The van der Waals surface area contributed by atoms with Crippen LogP contribution in [-0.4, -0.2) is 43.2 Å². The van der Waals surface area contributed by atoms with Crippen LogP contribution in [0.3, 0.4) is 0 Å². The number of anilines is 1. The number of aromatic nitrogens is 4. The number of nitrogens with zero attached hydrogens (tertiary/aromatic N) is 3. The van der Waals surface area contributed by atoms with E-state index in [2.05, 4.69) is 19.5 Å². The highest BCUT2D eigenvalue weighted by Crippen LogP contribution is 2.42. The van der Waals surface area contributed by atoms with E-state index in [-0.39, 0.29) is 30.2 Å². The second-order valence-electron chi connectivity index (χ2n) is 5.34. The Hall–Kier alpha value is -1.61. The Bertz CT molecular complexity index is 880. The van der Waals surface area contributed by atoms with Gasteiger partial charge in [0, 0.05) is 6.54 Å². The molecule has 0 saturated carbocycles. The zero-order chi connectivity index (χ0) is 19.2. The van der Waals surface area contributed by atoms with Crippen molar-refractivity contribution in [2.75, 3.05) is 18.9 Å². The molecule has 2 heterocycles. The predicted molar refractivity (Wildman–Crippen MR) is 96.8 cm³/mol. The largest absolute Gasteiger partial charge is 0.603 e. The molecule has 2 unspecified atom stereocenters. The van der Waals surface area contributed by atoms with E-state index in [1.165, 1.54) is 6.33 Å². The minimum absolute atomic E-state index is 0.0333. The maximum absolute atomic E-state index is 11.7. The number of hydrogen-bond acceptors (Lipinski definition) is 8. The quantitative estimate of drug-likeness (QED) is 0.377. The van der Waals surface area contributed by atoms with Crippen LogP contribution < -0.4 is 16.2 Å². The van der Waals surface area contributed by atoms with E-state index >= 15 is 0 Å². The van der Waals surface area contributed by atoms with Gasteiger partial charge in [-0.2, -0.15) is 9.51 Å². The van der Waals surface area contributed by atoms with Crippen LogP contribution in [0.5, 0.6) is 0 Å². The molecule has 2 atom stereocenters. The van der Waals surface area contributed by atoms with Gasteiger partial charge < -0.3 is 24.6 Å². The zero-order valence-electron chi connectivity index (χ0n) is 14.2. The van der Waals surface area contributed by atoms with Crippen LogP contribution in [0, 0.1) is 0 Å². The lowest BCUT2D eigenvalue weighted by atomic mass is 10.2. The van der Waals surface area contributed by atoms with E-state index in [1.807, 2.05) is 0 Å². The maximum Gasteiger partial charge on any atom is 0.395 e. The lowest BCUT2D eigenvalue weighted by molar-refractivity contribution is -0.172. The molecule has 0 saturated heterocycles. The third-order valence-corrected chi connectivity index (χ3v) is 6.30. The van der Waals surface area contributed by atoms with Gasteiger partial charge in [-0.05, 0) is 26.2 Å². The van der Waals surface area contributed by atoms with Crippen LogP contribution in [0.25, 0.3) is 11.2 Å². The maximum atomic E-state index is 11.7. The normalized spacial score (nSPS) is 14.7. The Kier molecular flexibility index (Phi) is 7.45. The summed E-state index contributed by atoms with van der Waals surface area (Å²) in [7, 11) is -6.32. The molecule has 0 radical (unpaired) electrons. The Labute approximate surface area is 150 Å². The van der Waals surface area contributed by atoms with Gasteiger partial charge in [0.15, 0.2) is 11.2 Å². The van der Waals surface area contributed by atoms with Gasteiger partial charge in [0.1, 0.15) is 0 Å². The van der Waals surface area contributed by atoms with Gasteiger partial charge in [-0.25, -0.2) is 4.98 Å². The molecular formula is C13H21N5O6P2. The summed E-state index contributed by atoms with van der Waals surface area (Å²) in [6.45, 7) is 2.38. The Morgan fingerprint density at radius 1 is 1.50 bits per heavy atom. The molecule has 11 nitrogen and oxygen atoms in total. The summed E-state index contributed by atoms with van der Waals surface area (Å²) < 4.78 is 22.7. The van der Waals surface area contributed by atoms with Crippen LogP contribution in [0.1, 0.15) is 26.2 Å². The summed E-state index contributed by atoms with van der Waals surface area (Å²) in [6, 6.07) is 0. The number of aromatic amines is 1. The molecule has 0 aliphatic carbocycles. The zero-order valence-corrected chi connectivity index (χ0v) is 16.0. The molecule has 4 N–H and O–H groups in total. The summed E-state index contributed by atoms with van der Waals surface area (Å²) in [6.07, 6.45) is 3.65. The first-order chi connectivity index (χ1) is 12.3. The molecular weight excluding hydrogens is 384 g/mol. The van der Waals surface area contributed by atoms with Crippen molar-refractivity contribution in [2.45, 2.75) is 32.7 Å². The number of nitrogens with two attached hydrogens (primary N) is 1. The third-order valence-electron chi connectivity index (χ3n) is 3.31. The fourth-order valence-corrected chi connectivity index (χ4v) is 4.39. The molecule has 0 fully saturated rings. The topological polar surface area (TPSA) is 168 Å². The van der Waals surface area contributed by atoms with E-state index in [0.29, 0.717) is 24.2 Å². The molecule has 0 spiro atoms. The average molecular weight is 405 g/mol.